The molecule has 5 heteroatoms. The number of allylic oxidation sites excluding steroid dienone is 1. The van der Waals surface area contributed by atoms with Crippen LogP contribution in [0.25, 0.3) is 16.5 Å². The quantitative estimate of drug-likeness (QED) is 0.596. The minimum absolute atomic E-state index is 0.166. The molecule has 1 aromatic heterocycles. The van der Waals surface area contributed by atoms with Gasteiger partial charge in [-0.2, -0.15) is 5.26 Å². The van der Waals surface area contributed by atoms with E-state index >= 15 is 0 Å². The fourth-order valence-electron chi connectivity index (χ4n) is 3.11. The van der Waals surface area contributed by atoms with E-state index in [2.05, 4.69) is 29.2 Å². The van der Waals surface area contributed by atoms with Crippen LogP contribution in [0.15, 0.2) is 36.4 Å². The molecule has 0 saturated carbocycles. The van der Waals surface area contributed by atoms with Gasteiger partial charge in [-0.1, -0.05) is 6.07 Å². The molecule has 0 saturated heterocycles. The van der Waals surface area contributed by atoms with Crippen molar-refractivity contribution in [1.82, 2.24) is 0 Å². The van der Waals surface area contributed by atoms with Crippen LogP contribution in [0.3, 0.4) is 0 Å². The van der Waals surface area contributed by atoms with Crippen LogP contribution in [0.4, 0.5) is 5.69 Å². The van der Waals surface area contributed by atoms with Crippen LogP contribution in [0.5, 0.6) is 0 Å². The number of hydrogen-bond acceptors (Lipinski definition) is 5. The number of hydrogen-bond donors (Lipinski definition) is 0. The van der Waals surface area contributed by atoms with Crippen molar-refractivity contribution in [1.29, 1.82) is 5.26 Å². The van der Waals surface area contributed by atoms with Crippen molar-refractivity contribution >= 4 is 29.1 Å². The molecule has 0 atom stereocenters. The summed E-state index contributed by atoms with van der Waals surface area (Å²) >= 11 is 1.68. The fraction of sp³-hybridized carbons (Fsp3) is 0.300. The molecule has 0 aliphatic carbocycles. The maximum absolute atomic E-state index is 11.4. The fourth-order valence-corrected chi connectivity index (χ4v) is 4.01. The number of benzene rings is 1. The summed E-state index contributed by atoms with van der Waals surface area (Å²) in [6.07, 6.45) is 5.91. The van der Waals surface area contributed by atoms with E-state index < -0.39 is 0 Å². The van der Waals surface area contributed by atoms with Gasteiger partial charge in [-0.15, -0.1) is 11.3 Å². The maximum Gasteiger partial charge on any atom is 0.307 e. The molecule has 3 rings (SSSR count). The van der Waals surface area contributed by atoms with Crippen LogP contribution in [0, 0.1) is 11.3 Å². The second-order valence-corrected chi connectivity index (χ2v) is 7.04. The molecule has 2 aromatic rings. The van der Waals surface area contributed by atoms with Crippen LogP contribution in [-0.4, -0.2) is 26.2 Å². The lowest BCUT2D eigenvalue weighted by molar-refractivity contribution is -0.140. The number of methoxy groups -OCH3 is 1. The van der Waals surface area contributed by atoms with Crippen LogP contribution in [0.1, 0.15) is 23.3 Å². The predicted molar refractivity (Wildman–Crippen MR) is 102 cm³/mol. The standard InChI is InChI=1S/C20H20N2O2S/c1-24-20(23)10-13-22-12-3-4-15-14-16(6-8-18(15)22)19-9-7-17(25-19)5-2-11-21/h2,5-9,14H,3-4,10,12-13H2,1H3/b5-2-. The number of anilines is 1. The van der Waals surface area contributed by atoms with Crippen molar-refractivity contribution in [3.05, 3.63) is 46.8 Å². The topological polar surface area (TPSA) is 53.3 Å². The molecule has 0 radical (unpaired) electrons. The van der Waals surface area contributed by atoms with Crippen LogP contribution in [-0.2, 0) is 16.0 Å². The molecule has 0 fully saturated rings. The number of fused-ring (bicyclic) bond motifs is 1. The van der Waals surface area contributed by atoms with Gasteiger partial charge in [0.05, 0.1) is 19.6 Å². The van der Waals surface area contributed by atoms with Gasteiger partial charge in [0.1, 0.15) is 0 Å². The van der Waals surface area contributed by atoms with E-state index in [0.717, 1.165) is 24.3 Å². The van der Waals surface area contributed by atoms with Crippen LogP contribution in [0.2, 0.25) is 0 Å². The molecule has 4 nitrogen and oxygen atoms in total. The number of carbonyl (C=O) groups excluding carboxylic acids is 1. The number of nitrogens with zero attached hydrogens (tertiary/aromatic N) is 2. The van der Waals surface area contributed by atoms with Gasteiger partial charge in [0.15, 0.2) is 0 Å². The SMILES string of the molecule is COC(=O)CCN1CCCc2cc(-c3ccc(/C=C\C#N)s3)ccc21. The summed E-state index contributed by atoms with van der Waals surface area (Å²) in [5.41, 5.74) is 3.76. The zero-order chi connectivity index (χ0) is 17.6. The van der Waals surface area contributed by atoms with Gasteiger partial charge in [-0.25, -0.2) is 0 Å². The van der Waals surface area contributed by atoms with E-state index in [1.54, 1.807) is 11.3 Å². The molecule has 1 aromatic carbocycles. The summed E-state index contributed by atoms with van der Waals surface area (Å²) in [7, 11) is 1.43. The number of thiophene rings is 1. The molecule has 1 aliphatic rings. The minimum Gasteiger partial charge on any atom is -0.469 e. The highest BCUT2D eigenvalue weighted by Crippen LogP contribution is 2.34. The second kappa shape index (κ2) is 8.00. The van der Waals surface area contributed by atoms with E-state index in [1.165, 1.54) is 34.9 Å². The normalized spacial score (nSPS) is 13.5. The van der Waals surface area contributed by atoms with Gasteiger partial charge in [0.2, 0.25) is 0 Å². The Morgan fingerprint density at radius 3 is 3.08 bits per heavy atom. The number of rotatable bonds is 5. The lowest BCUT2D eigenvalue weighted by atomic mass is 9.98. The van der Waals surface area contributed by atoms with Crippen molar-refractivity contribution in [2.45, 2.75) is 19.3 Å². The Hall–Kier alpha value is -2.58. The summed E-state index contributed by atoms with van der Waals surface area (Å²) in [5, 5.41) is 8.64. The third kappa shape index (κ3) is 4.09. The molecular formula is C20H20N2O2S. The Kier molecular flexibility index (Phi) is 5.52. The average molecular weight is 352 g/mol. The molecule has 0 bridgehead atoms. The molecule has 0 spiro atoms. The zero-order valence-electron chi connectivity index (χ0n) is 14.2. The van der Waals surface area contributed by atoms with Crippen molar-refractivity contribution in [3.63, 3.8) is 0 Å². The van der Waals surface area contributed by atoms with E-state index in [9.17, 15) is 4.79 Å². The Morgan fingerprint density at radius 1 is 1.40 bits per heavy atom. The number of aryl methyl sites for hydroxylation is 1. The second-order valence-electron chi connectivity index (χ2n) is 5.92. The van der Waals surface area contributed by atoms with Gasteiger partial charge < -0.3 is 9.64 Å². The van der Waals surface area contributed by atoms with Gasteiger partial charge in [0.25, 0.3) is 0 Å². The third-order valence-corrected chi connectivity index (χ3v) is 5.44. The van der Waals surface area contributed by atoms with E-state index in [1.807, 2.05) is 18.2 Å². The maximum atomic E-state index is 11.4. The predicted octanol–water partition coefficient (Wildman–Crippen LogP) is 4.27. The molecule has 1 aliphatic heterocycles. The number of esters is 1. The molecule has 128 valence electrons. The minimum atomic E-state index is -0.166. The lowest BCUT2D eigenvalue weighted by Crippen LogP contribution is -2.31. The lowest BCUT2D eigenvalue weighted by Gasteiger charge is -2.31. The smallest absolute Gasteiger partial charge is 0.307 e. The van der Waals surface area contributed by atoms with Crippen molar-refractivity contribution in [2.24, 2.45) is 0 Å². The summed E-state index contributed by atoms with van der Waals surface area (Å²) in [4.78, 5) is 16.0. The highest BCUT2D eigenvalue weighted by molar-refractivity contribution is 7.16. The number of ether oxygens (including phenoxy) is 1. The van der Waals surface area contributed by atoms with Crippen LogP contribution < -0.4 is 4.90 Å². The largest absolute Gasteiger partial charge is 0.469 e. The first-order valence-corrected chi connectivity index (χ1v) is 9.14. The summed E-state index contributed by atoms with van der Waals surface area (Å²) in [6.45, 7) is 1.67. The third-order valence-electron chi connectivity index (χ3n) is 4.34. The highest BCUT2D eigenvalue weighted by Gasteiger charge is 2.18. The number of carbonyl (C=O) groups is 1. The van der Waals surface area contributed by atoms with Crippen LogP contribution >= 0.6 is 11.3 Å². The molecule has 0 N–H and O–H groups in total. The molecule has 2 heterocycles. The van der Waals surface area contributed by atoms with E-state index in [0.29, 0.717) is 13.0 Å². The van der Waals surface area contributed by atoms with Crippen molar-refractivity contribution in [2.75, 3.05) is 25.1 Å². The Labute approximate surface area is 152 Å². The monoisotopic (exact) mass is 352 g/mol. The Morgan fingerprint density at radius 2 is 2.28 bits per heavy atom. The molecule has 0 amide bonds. The highest BCUT2D eigenvalue weighted by atomic mass is 32.1. The molecular weight excluding hydrogens is 332 g/mol. The Balaban J connectivity index is 1.79. The van der Waals surface area contributed by atoms with E-state index in [-0.39, 0.29) is 5.97 Å². The van der Waals surface area contributed by atoms with Gasteiger partial charge >= 0.3 is 5.97 Å². The summed E-state index contributed by atoms with van der Waals surface area (Å²) < 4.78 is 4.75. The first-order chi connectivity index (χ1) is 12.2. The first kappa shape index (κ1) is 17.2. The molecule has 25 heavy (non-hydrogen) atoms. The van der Waals surface area contributed by atoms with Gasteiger partial charge in [-0.05, 0) is 54.3 Å². The Bertz CT molecular complexity index is 832. The van der Waals surface area contributed by atoms with Crippen molar-refractivity contribution in [3.8, 4) is 16.5 Å². The zero-order valence-corrected chi connectivity index (χ0v) is 15.0. The number of nitriles is 1. The average Bonchev–Trinajstić information content (AvgIpc) is 3.12. The van der Waals surface area contributed by atoms with E-state index in [4.69, 9.17) is 10.00 Å². The summed E-state index contributed by atoms with van der Waals surface area (Å²) in [5.74, 6) is -0.166. The first-order valence-electron chi connectivity index (χ1n) is 8.32. The molecule has 0 unspecified atom stereocenters. The van der Waals surface area contributed by atoms with Crippen molar-refractivity contribution < 1.29 is 9.53 Å². The summed E-state index contributed by atoms with van der Waals surface area (Å²) in [6, 6.07) is 12.7. The van der Waals surface area contributed by atoms with Gasteiger partial charge in [0, 0.05) is 34.6 Å². The van der Waals surface area contributed by atoms with Gasteiger partial charge in [-0.3, -0.25) is 4.79 Å².